The van der Waals surface area contributed by atoms with Gasteiger partial charge in [0, 0.05) is 25.2 Å². The van der Waals surface area contributed by atoms with Crippen LogP contribution in [0.5, 0.6) is 0 Å². The van der Waals surface area contributed by atoms with Crippen LogP contribution >= 0.6 is 0 Å². The second kappa shape index (κ2) is 6.54. The molecule has 1 rings (SSSR count). The van der Waals surface area contributed by atoms with Crippen molar-refractivity contribution in [1.82, 2.24) is 4.90 Å². The number of carbonyl (C=O) groups excluding carboxylic acids is 1. The lowest BCUT2D eigenvalue weighted by molar-refractivity contribution is -0.137. The fourth-order valence-electron chi connectivity index (χ4n) is 1.27. The Kier molecular flexibility index (Phi) is 5.05. The largest absolute Gasteiger partial charge is 0.481 e. The number of halogens is 1. The molecule has 0 unspecified atom stereocenters. The van der Waals surface area contributed by atoms with Crippen LogP contribution in [0.1, 0.15) is 12.0 Å². The Morgan fingerprint density at radius 3 is 2.67 bits per heavy atom. The van der Waals surface area contributed by atoms with E-state index in [0.29, 0.717) is 5.56 Å². The van der Waals surface area contributed by atoms with Crippen LogP contribution in [0, 0.1) is 5.82 Å². The lowest BCUT2D eigenvalue weighted by atomic mass is 10.2. The van der Waals surface area contributed by atoms with Gasteiger partial charge in [-0.25, -0.2) is 4.39 Å². The molecule has 96 valence electrons. The van der Waals surface area contributed by atoms with Crippen LogP contribution in [-0.4, -0.2) is 35.5 Å². The molecule has 1 aromatic rings. The number of benzene rings is 1. The van der Waals surface area contributed by atoms with Crippen molar-refractivity contribution < 1.29 is 19.1 Å². The summed E-state index contributed by atoms with van der Waals surface area (Å²) in [6.45, 7) is 0.121. The maximum atomic E-state index is 13.2. The lowest BCUT2D eigenvalue weighted by Gasteiger charge is -2.13. The van der Waals surface area contributed by atoms with Crippen molar-refractivity contribution in [2.24, 2.45) is 0 Å². The van der Waals surface area contributed by atoms with E-state index in [1.54, 1.807) is 18.2 Å². The van der Waals surface area contributed by atoms with Crippen molar-refractivity contribution in [2.75, 3.05) is 13.6 Å². The molecule has 0 saturated heterocycles. The fourth-order valence-corrected chi connectivity index (χ4v) is 1.27. The summed E-state index contributed by atoms with van der Waals surface area (Å²) < 4.78 is 13.2. The van der Waals surface area contributed by atoms with Crippen LogP contribution in [-0.2, 0) is 9.59 Å². The number of nitrogens with zero attached hydrogens (tertiary/aromatic N) is 1. The Morgan fingerprint density at radius 2 is 2.06 bits per heavy atom. The van der Waals surface area contributed by atoms with Gasteiger partial charge in [0.05, 0.1) is 6.42 Å². The van der Waals surface area contributed by atoms with Gasteiger partial charge >= 0.3 is 5.97 Å². The second-order valence-corrected chi connectivity index (χ2v) is 3.76. The highest BCUT2D eigenvalue weighted by Crippen LogP contribution is 2.08. The average Bonchev–Trinajstić information content (AvgIpc) is 2.34. The number of carboxylic acid groups (broad SMARTS) is 1. The summed E-state index contributed by atoms with van der Waals surface area (Å²) >= 11 is 0. The molecule has 0 spiro atoms. The van der Waals surface area contributed by atoms with E-state index in [1.807, 2.05) is 0 Å². The van der Waals surface area contributed by atoms with Crippen LogP contribution in [0.15, 0.2) is 30.3 Å². The van der Waals surface area contributed by atoms with Crippen molar-refractivity contribution in [3.8, 4) is 0 Å². The van der Waals surface area contributed by atoms with Crippen molar-refractivity contribution in [3.05, 3.63) is 41.7 Å². The number of likely N-dealkylation sites (N-methyl/N-ethyl adjacent to an activating group) is 1. The summed E-state index contributed by atoms with van der Waals surface area (Å²) in [6.07, 6.45) is 2.48. The molecular formula is C13H14FNO3. The monoisotopic (exact) mass is 251 g/mol. The van der Waals surface area contributed by atoms with Crippen molar-refractivity contribution >= 4 is 18.0 Å². The minimum absolute atomic E-state index is 0.115. The Hall–Kier alpha value is -2.17. The van der Waals surface area contributed by atoms with Crippen LogP contribution in [0.4, 0.5) is 4.39 Å². The minimum atomic E-state index is -0.965. The van der Waals surface area contributed by atoms with E-state index in [-0.39, 0.29) is 18.9 Å². The van der Waals surface area contributed by atoms with Gasteiger partial charge in [-0.1, -0.05) is 18.2 Å². The van der Waals surface area contributed by atoms with Gasteiger partial charge in [0.15, 0.2) is 0 Å². The fraction of sp³-hybridized carbons (Fsp3) is 0.231. The molecule has 0 heterocycles. The summed E-state index contributed by atoms with van der Waals surface area (Å²) in [5.74, 6) is -1.73. The number of hydrogen-bond acceptors (Lipinski definition) is 2. The zero-order chi connectivity index (χ0) is 13.5. The van der Waals surface area contributed by atoms with E-state index in [9.17, 15) is 14.0 Å². The maximum Gasteiger partial charge on any atom is 0.305 e. The highest BCUT2D eigenvalue weighted by Gasteiger charge is 2.07. The third-order valence-electron chi connectivity index (χ3n) is 2.35. The normalized spacial score (nSPS) is 10.6. The quantitative estimate of drug-likeness (QED) is 0.811. The summed E-state index contributed by atoms with van der Waals surface area (Å²) in [4.78, 5) is 23.2. The Labute approximate surface area is 104 Å². The molecule has 0 radical (unpaired) electrons. The molecule has 0 saturated carbocycles. The van der Waals surface area contributed by atoms with Gasteiger partial charge in [0.2, 0.25) is 5.91 Å². The van der Waals surface area contributed by atoms with Gasteiger partial charge in [-0.05, 0) is 12.1 Å². The highest BCUT2D eigenvalue weighted by atomic mass is 19.1. The smallest absolute Gasteiger partial charge is 0.305 e. The summed E-state index contributed by atoms with van der Waals surface area (Å²) in [7, 11) is 1.50. The molecule has 1 N–H and O–H groups in total. The number of carbonyl (C=O) groups is 2. The second-order valence-electron chi connectivity index (χ2n) is 3.76. The molecule has 5 heteroatoms. The zero-order valence-corrected chi connectivity index (χ0v) is 9.97. The molecule has 4 nitrogen and oxygen atoms in total. The van der Waals surface area contributed by atoms with Crippen LogP contribution in [0.25, 0.3) is 6.08 Å². The molecule has 0 aromatic heterocycles. The summed E-state index contributed by atoms with van der Waals surface area (Å²) in [5.41, 5.74) is 0.317. The van der Waals surface area contributed by atoms with Gasteiger partial charge in [0.1, 0.15) is 5.82 Å². The Bertz CT molecular complexity index is 471. The molecule has 1 amide bonds. The number of hydrogen-bond donors (Lipinski definition) is 1. The molecule has 0 aliphatic carbocycles. The Balaban J connectivity index is 2.59. The van der Waals surface area contributed by atoms with E-state index in [1.165, 1.54) is 30.2 Å². The first-order valence-corrected chi connectivity index (χ1v) is 5.40. The summed E-state index contributed by atoms with van der Waals surface area (Å²) in [5, 5.41) is 8.48. The van der Waals surface area contributed by atoms with Crippen LogP contribution < -0.4 is 0 Å². The first kappa shape index (κ1) is 13.9. The maximum absolute atomic E-state index is 13.2. The first-order chi connectivity index (χ1) is 8.50. The average molecular weight is 251 g/mol. The predicted octanol–water partition coefficient (Wildman–Crippen LogP) is 1.77. The van der Waals surface area contributed by atoms with Gasteiger partial charge in [0.25, 0.3) is 0 Å². The van der Waals surface area contributed by atoms with Gasteiger partial charge in [-0.2, -0.15) is 0 Å². The van der Waals surface area contributed by atoms with Gasteiger partial charge in [-0.3, -0.25) is 9.59 Å². The Morgan fingerprint density at radius 1 is 1.39 bits per heavy atom. The van der Waals surface area contributed by atoms with E-state index < -0.39 is 11.8 Å². The highest BCUT2D eigenvalue weighted by molar-refractivity contribution is 5.91. The van der Waals surface area contributed by atoms with E-state index in [2.05, 4.69) is 0 Å². The molecule has 0 fully saturated rings. The van der Waals surface area contributed by atoms with Crippen molar-refractivity contribution in [3.63, 3.8) is 0 Å². The molecule has 0 aliphatic rings. The molecule has 18 heavy (non-hydrogen) atoms. The number of rotatable bonds is 5. The number of carboxylic acids is 1. The third-order valence-corrected chi connectivity index (χ3v) is 2.35. The molecule has 1 aromatic carbocycles. The van der Waals surface area contributed by atoms with Crippen molar-refractivity contribution in [2.45, 2.75) is 6.42 Å². The van der Waals surface area contributed by atoms with Gasteiger partial charge in [-0.15, -0.1) is 0 Å². The standard InChI is InChI=1S/C13H14FNO3/c1-15(9-8-13(17)18)12(16)7-6-10-4-2-3-5-11(10)14/h2-7H,8-9H2,1H3,(H,17,18). The van der Waals surface area contributed by atoms with Crippen LogP contribution in [0.2, 0.25) is 0 Å². The van der Waals surface area contributed by atoms with E-state index in [0.717, 1.165) is 0 Å². The summed E-state index contributed by atoms with van der Waals surface area (Å²) in [6, 6.07) is 6.09. The van der Waals surface area contributed by atoms with E-state index in [4.69, 9.17) is 5.11 Å². The minimum Gasteiger partial charge on any atom is -0.481 e. The van der Waals surface area contributed by atoms with Crippen molar-refractivity contribution in [1.29, 1.82) is 0 Å². The SMILES string of the molecule is CN(CCC(=O)O)C(=O)C=Cc1ccccc1F. The topological polar surface area (TPSA) is 57.6 Å². The predicted molar refractivity (Wildman–Crippen MR) is 65.3 cm³/mol. The number of aliphatic carboxylic acids is 1. The lowest BCUT2D eigenvalue weighted by Crippen LogP contribution is -2.27. The number of amides is 1. The van der Waals surface area contributed by atoms with Crippen LogP contribution in [0.3, 0.4) is 0 Å². The molecular weight excluding hydrogens is 237 g/mol. The molecule has 0 aliphatic heterocycles. The van der Waals surface area contributed by atoms with E-state index >= 15 is 0 Å². The third kappa shape index (κ3) is 4.37. The molecule has 0 bridgehead atoms. The van der Waals surface area contributed by atoms with Gasteiger partial charge < -0.3 is 10.0 Å². The zero-order valence-electron chi connectivity index (χ0n) is 9.97. The first-order valence-electron chi connectivity index (χ1n) is 5.40. The molecule has 0 atom stereocenters.